The van der Waals surface area contributed by atoms with Crippen molar-refractivity contribution >= 4 is 11.8 Å². The first kappa shape index (κ1) is 22.9. The number of hydrogen-bond acceptors (Lipinski definition) is 3. The molecule has 0 bridgehead atoms. The van der Waals surface area contributed by atoms with Crippen molar-refractivity contribution < 1.29 is 14.3 Å². The molecule has 1 saturated heterocycles. The standard InChI is InChI=1S/C26H34N2O3/c1-18(2)21-6-8-23(9-7-21)26(30)28-16-14-27(15-17-28)25(29)20(5)31-24-12-10-22(11-13-24)19(3)4/h6-13,18-20H,14-17H2,1-5H3. The molecule has 1 heterocycles. The summed E-state index contributed by atoms with van der Waals surface area (Å²) in [6, 6.07) is 15.7. The van der Waals surface area contributed by atoms with Crippen molar-refractivity contribution in [3.05, 3.63) is 65.2 Å². The molecule has 5 heteroatoms. The molecule has 31 heavy (non-hydrogen) atoms. The lowest BCUT2D eigenvalue weighted by molar-refractivity contribution is -0.139. The molecule has 1 unspecified atom stereocenters. The van der Waals surface area contributed by atoms with Crippen LogP contribution in [0.3, 0.4) is 0 Å². The van der Waals surface area contributed by atoms with Crippen molar-refractivity contribution in [3.8, 4) is 5.75 Å². The quantitative estimate of drug-likeness (QED) is 0.679. The van der Waals surface area contributed by atoms with Crippen LogP contribution in [0, 0.1) is 0 Å². The van der Waals surface area contributed by atoms with E-state index < -0.39 is 6.10 Å². The Morgan fingerprint density at radius 2 is 1.16 bits per heavy atom. The number of amides is 2. The number of ether oxygens (including phenoxy) is 1. The van der Waals surface area contributed by atoms with Crippen LogP contribution in [-0.2, 0) is 4.79 Å². The second-order valence-electron chi connectivity index (χ2n) is 8.88. The number of nitrogens with zero attached hydrogens (tertiary/aromatic N) is 2. The first-order valence-electron chi connectivity index (χ1n) is 11.2. The Bertz CT molecular complexity index is 880. The molecule has 2 aromatic rings. The highest BCUT2D eigenvalue weighted by atomic mass is 16.5. The first-order valence-corrected chi connectivity index (χ1v) is 11.2. The maximum atomic E-state index is 12.8. The fraction of sp³-hybridized carbons (Fsp3) is 0.462. The molecule has 0 N–H and O–H groups in total. The lowest BCUT2D eigenvalue weighted by Crippen LogP contribution is -2.53. The highest BCUT2D eigenvalue weighted by molar-refractivity contribution is 5.94. The third-order valence-electron chi connectivity index (χ3n) is 5.91. The Kier molecular flexibility index (Phi) is 7.37. The van der Waals surface area contributed by atoms with E-state index in [9.17, 15) is 9.59 Å². The summed E-state index contributed by atoms with van der Waals surface area (Å²) in [7, 11) is 0. The number of carbonyl (C=O) groups is 2. The summed E-state index contributed by atoms with van der Waals surface area (Å²) in [5, 5.41) is 0. The smallest absolute Gasteiger partial charge is 0.263 e. The first-order chi connectivity index (χ1) is 14.8. The number of piperazine rings is 1. The van der Waals surface area contributed by atoms with Crippen LogP contribution in [0.15, 0.2) is 48.5 Å². The molecule has 0 aliphatic carbocycles. The fourth-order valence-electron chi connectivity index (χ4n) is 3.77. The molecular weight excluding hydrogens is 388 g/mol. The Morgan fingerprint density at radius 1 is 0.710 bits per heavy atom. The molecule has 3 rings (SSSR count). The lowest BCUT2D eigenvalue weighted by atomic mass is 10.0. The predicted octanol–water partition coefficient (Wildman–Crippen LogP) is 4.69. The second kappa shape index (κ2) is 9.99. The minimum atomic E-state index is -0.560. The van der Waals surface area contributed by atoms with E-state index in [1.54, 1.807) is 11.8 Å². The summed E-state index contributed by atoms with van der Waals surface area (Å²) >= 11 is 0. The molecule has 0 aromatic heterocycles. The summed E-state index contributed by atoms with van der Waals surface area (Å²) in [5.74, 6) is 1.58. The van der Waals surface area contributed by atoms with Crippen molar-refractivity contribution in [1.82, 2.24) is 9.80 Å². The van der Waals surface area contributed by atoms with Gasteiger partial charge in [-0.2, -0.15) is 0 Å². The normalized spacial score (nSPS) is 15.3. The van der Waals surface area contributed by atoms with Crippen LogP contribution in [-0.4, -0.2) is 53.9 Å². The molecule has 0 spiro atoms. The van der Waals surface area contributed by atoms with Gasteiger partial charge in [0.25, 0.3) is 11.8 Å². The van der Waals surface area contributed by atoms with Crippen LogP contribution in [0.4, 0.5) is 0 Å². The molecule has 1 atom stereocenters. The lowest BCUT2D eigenvalue weighted by Gasteiger charge is -2.36. The number of carbonyl (C=O) groups excluding carboxylic acids is 2. The van der Waals surface area contributed by atoms with Gasteiger partial charge in [0, 0.05) is 31.7 Å². The van der Waals surface area contributed by atoms with Gasteiger partial charge in [-0.1, -0.05) is 52.0 Å². The zero-order chi connectivity index (χ0) is 22.5. The minimum Gasteiger partial charge on any atom is -0.481 e. The van der Waals surface area contributed by atoms with Gasteiger partial charge in [-0.3, -0.25) is 9.59 Å². The zero-order valence-corrected chi connectivity index (χ0v) is 19.3. The maximum Gasteiger partial charge on any atom is 0.263 e. The topological polar surface area (TPSA) is 49.9 Å². The molecule has 1 aliphatic rings. The molecule has 2 aromatic carbocycles. The summed E-state index contributed by atoms with van der Waals surface area (Å²) in [5.41, 5.74) is 3.16. The van der Waals surface area contributed by atoms with E-state index in [2.05, 4.69) is 27.7 Å². The summed E-state index contributed by atoms with van der Waals surface area (Å²) < 4.78 is 5.87. The van der Waals surface area contributed by atoms with Crippen LogP contribution in [0.1, 0.15) is 67.9 Å². The van der Waals surface area contributed by atoms with Crippen molar-refractivity contribution in [2.45, 2.75) is 52.6 Å². The Morgan fingerprint density at radius 3 is 1.65 bits per heavy atom. The largest absolute Gasteiger partial charge is 0.481 e. The molecular formula is C26H34N2O3. The van der Waals surface area contributed by atoms with E-state index in [0.29, 0.717) is 49.3 Å². The van der Waals surface area contributed by atoms with Gasteiger partial charge in [-0.05, 0) is 54.2 Å². The van der Waals surface area contributed by atoms with Crippen LogP contribution >= 0.6 is 0 Å². The highest BCUT2D eigenvalue weighted by Gasteiger charge is 2.28. The van der Waals surface area contributed by atoms with Crippen molar-refractivity contribution in [1.29, 1.82) is 0 Å². The van der Waals surface area contributed by atoms with Gasteiger partial charge >= 0.3 is 0 Å². The van der Waals surface area contributed by atoms with Crippen LogP contribution in [0.2, 0.25) is 0 Å². The molecule has 0 saturated carbocycles. The monoisotopic (exact) mass is 422 g/mol. The maximum absolute atomic E-state index is 12.8. The van der Waals surface area contributed by atoms with Crippen molar-refractivity contribution in [2.75, 3.05) is 26.2 Å². The summed E-state index contributed by atoms with van der Waals surface area (Å²) in [4.78, 5) is 29.2. The highest BCUT2D eigenvalue weighted by Crippen LogP contribution is 2.20. The number of benzene rings is 2. The minimum absolute atomic E-state index is 0.0249. The van der Waals surface area contributed by atoms with E-state index in [1.165, 1.54) is 11.1 Å². The van der Waals surface area contributed by atoms with Crippen molar-refractivity contribution in [2.24, 2.45) is 0 Å². The Labute approximate surface area is 186 Å². The molecule has 1 fully saturated rings. The SMILES string of the molecule is CC(Oc1ccc(C(C)C)cc1)C(=O)N1CCN(C(=O)c2ccc(C(C)C)cc2)CC1. The van der Waals surface area contributed by atoms with Gasteiger partial charge in [-0.25, -0.2) is 0 Å². The summed E-state index contributed by atoms with van der Waals surface area (Å²) in [6.45, 7) is 12.5. The number of hydrogen-bond donors (Lipinski definition) is 0. The van der Waals surface area contributed by atoms with Gasteiger partial charge in [0.05, 0.1) is 0 Å². The van der Waals surface area contributed by atoms with E-state index in [-0.39, 0.29) is 11.8 Å². The molecule has 2 amide bonds. The Balaban J connectivity index is 1.52. The molecule has 1 aliphatic heterocycles. The third kappa shape index (κ3) is 5.66. The third-order valence-corrected chi connectivity index (χ3v) is 5.91. The van der Waals surface area contributed by atoms with Crippen molar-refractivity contribution in [3.63, 3.8) is 0 Å². The average Bonchev–Trinajstić information content (AvgIpc) is 2.78. The zero-order valence-electron chi connectivity index (χ0n) is 19.3. The fourth-order valence-corrected chi connectivity index (χ4v) is 3.77. The van der Waals surface area contributed by atoms with E-state index in [0.717, 1.165) is 0 Å². The molecule has 5 nitrogen and oxygen atoms in total. The second-order valence-corrected chi connectivity index (χ2v) is 8.88. The van der Waals surface area contributed by atoms with Gasteiger partial charge < -0.3 is 14.5 Å². The van der Waals surface area contributed by atoms with Gasteiger partial charge in [0.15, 0.2) is 6.10 Å². The van der Waals surface area contributed by atoms with Gasteiger partial charge in [0.2, 0.25) is 0 Å². The van der Waals surface area contributed by atoms with Gasteiger partial charge in [0.1, 0.15) is 5.75 Å². The van der Waals surface area contributed by atoms with E-state index in [4.69, 9.17) is 4.74 Å². The van der Waals surface area contributed by atoms with E-state index >= 15 is 0 Å². The summed E-state index contributed by atoms with van der Waals surface area (Å²) in [6.07, 6.45) is -0.560. The van der Waals surface area contributed by atoms with Crippen LogP contribution < -0.4 is 4.74 Å². The molecule has 0 radical (unpaired) electrons. The molecule has 166 valence electrons. The van der Waals surface area contributed by atoms with Crippen LogP contribution in [0.5, 0.6) is 5.75 Å². The van der Waals surface area contributed by atoms with Crippen LogP contribution in [0.25, 0.3) is 0 Å². The average molecular weight is 423 g/mol. The number of rotatable bonds is 6. The Hall–Kier alpha value is -2.82. The predicted molar refractivity (Wildman–Crippen MR) is 124 cm³/mol. The van der Waals surface area contributed by atoms with Gasteiger partial charge in [-0.15, -0.1) is 0 Å². The van der Waals surface area contributed by atoms with E-state index in [1.807, 2.05) is 53.4 Å².